The molecule has 0 aliphatic rings. The molecule has 0 unspecified atom stereocenters. The van der Waals surface area contributed by atoms with Gasteiger partial charge in [0.05, 0.1) is 0 Å². The third kappa shape index (κ3) is 9.61. The summed E-state index contributed by atoms with van der Waals surface area (Å²) in [6.45, 7) is 8.15. The van der Waals surface area contributed by atoms with Gasteiger partial charge in [0.25, 0.3) is 0 Å². The van der Waals surface area contributed by atoms with E-state index in [2.05, 4.69) is 34.6 Å². The van der Waals surface area contributed by atoms with Gasteiger partial charge in [-0.2, -0.15) is 0 Å². The number of unbranched alkanes of at least 4 members (excludes halogenated alkanes) is 7. The Bertz CT molecular complexity index is 717. The molecule has 3 nitrogen and oxygen atoms in total. The SMILES string of the molecule is CCCCCCc1ccccc1S(=O)(=O)OP(CCCC)(CCCC)(CCCC)CCCC. The molecule has 0 aromatic heterocycles. The average Bonchev–Trinajstić information content (AvgIpc) is 2.82. The maximum atomic E-state index is 14.0. The maximum absolute atomic E-state index is 14.0. The monoisotopic (exact) mass is 500 g/mol. The molecule has 0 amide bonds. The zero-order chi connectivity index (χ0) is 24.7. The van der Waals surface area contributed by atoms with Gasteiger partial charge in [-0.1, -0.05) is 0 Å². The Morgan fingerprint density at radius 1 is 0.636 bits per heavy atom. The van der Waals surface area contributed by atoms with Crippen molar-refractivity contribution in [2.75, 3.05) is 24.6 Å². The molecule has 0 bridgehead atoms. The molecule has 0 aliphatic heterocycles. The molecular formula is C28H53O3PS. The van der Waals surface area contributed by atoms with E-state index in [9.17, 15) is 8.42 Å². The number of hydrogen-bond donors (Lipinski definition) is 0. The van der Waals surface area contributed by atoms with E-state index in [1.165, 1.54) is 12.8 Å². The Morgan fingerprint density at radius 2 is 1.09 bits per heavy atom. The molecule has 0 N–H and O–H groups in total. The number of aryl methyl sites for hydroxylation is 1. The second-order valence-electron chi connectivity index (χ2n) is 10.1. The first kappa shape index (κ1) is 30.6. The van der Waals surface area contributed by atoms with Crippen LogP contribution in [0.5, 0.6) is 0 Å². The van der Waals surface area contributed by atoms with Gasteiger partial charge in [-0.3, -0.25) is 0 Å². The van der Waals surface area contributed by atoms with Crippen LogP contribution < -0.4 is 0 Å². The summed E-state index contributed by atoms with van der Waals surface area (Å²) in [6.07, 6.45) is 17.8. The Hall–Kier alpha value is -0.440. The fourth-order valence-electron chi connectivity index (χ4n) is 5.07. The fraction of sp³-hybridized carbons (Fsp3) is 0.786. The fourth-order valence-corrected chi connectivity index (χ4v) is 15.3. The van der Waals surface area contributed by atoms with Crippen LogP contribution in [0.25, 0.3) is 0 Å². The van der Waals surface area contributed by atoms with Crippen molar-refractivity contribution < 1.29 is 12.4 Å². The van der Waals surface area contributed by atoms with E-state index in [4.69, 9.17) is 3.97 Å². The molecule has 0 saturated carbocycles. The van der Waals surface area contributed by atoms with E-state index in [1.54, 1.807) is 6.07 Å². The first-order valence-corrected chi connectivity index (χ1v) is 18.2. The van der Waals surface area contributed by atoms with E-state index in [1.807, 2.05) is 18.2 Å². The molecule has 0 heterocycles. The summed E-state index contributed by atoms with van der Waals surface area (Å²) in [4.78, 5) is 0.427. The Balaban J connectivity index is 3.46. The Kier molecular flexibility index (Phi) is 14.4. The summed E-state index contributed by atoms with van der Waals surface area (Å²) in [6, 6.07) is 7.61. The molecule has 0 radical (unpaired) electrons. The van der Waals surface area contributed by atoms with Gasteiger partial charge in [0.2, 0.25) is 0 Å². The van der Waals surface area contributed by atoms with Crippen molar-refractivity contribution in [2.24, 2.45) is 0 Å². The first-order valence-electron chi connectivity index (χ1n) is 13.9. The van der Waals surface area contributed by atoms with Crippen LogP contribution in [-0.4, -0.2) is 33.1 Å². The van der Waals surface area contributed by atoms with Crippen LogP contribution in [0.15, 0.2) is 29.2 Å². The number of hydrogen-bond acceptors (Lipinski definition) is 3. The van der Waals surface area contributed by atoms with Crippen LogP contribution >= 0.6 is 6.83 Å². The molecule has 0 aliphatic carbocycles. The Labute approximate surface area is 206 Å². The van der Waals surface area contributed by atoms with Gasteiger partial charge < -0.3 is 0 Å². The van der Waals surface area contributed by atoms with E-state index in [0.717, 1.165) is 101 Å². The quantitative estimate of drug-likeness (QED) is 0.132. The normalized spacial score (nSPS) is 13.7. The zero-order valence-corrected chi connectivity index (χ0v) is 24.1. The van der Waals surface area contributed by atoms with Gasteiger partial charge in [-0.15, -0.1) is 0 Å². The third-order valence-corrected chi connectivity index (χ3v) is 16.4. The second-order valence-corrected chi connectivity index (χ2v) is 17.6. The standard InChI is InChI=1S/C28H53O3PS/c1-6-11-16-17-20-27-21-18-19-22-28(27)33(29,30)31-32(23-12-7-2,24-13-8-3,25-14-9-4)26-15-10-5/h18-19,21-22H,6-17,20,23-26H2,1-5H3. The van der Waals surface area contributed by atoms with Crippen molar-refractivity contribution >= 4 is 16.9 Å². The van der Waals surface area contributed by atoms with Gasteiger partial charge in [0.1, 0.15) is 0 Å². The van der Waals surface area contributed by atoms with Crippen molar-refractivity contribution in [2.45, 2.75) is 123 Å². The van der Waals surface area contributed by atoms with Gasteiger partial charge in [0.15, 0.2) is 0 Å². The van der Waals surface area contributed by atoms with E-state index in [0.29, 0.717) is 4.90 Å². The minimum absolute atomic E-state index is 0.427. The summed E-state index contributed by atoms with van der Waals surface area (Å²) < 4.78 is 34.8. The molecule has 0 saturated heterocycles. The molecule has 0 atom stereocenters. The van der Waals surface area contributed by atoms with Crippen molar-refractivity contribution in [1.29, 1.82) is 0 Å². The molecule has 194 valence electrons. The van der Waals surface area contributed by atoms with Crippen LogP contribution in [0.4, 0.5) is 0 Å². The van der Waals surface area contributed by atoms with Crippen molar-refractivity contribution in [3.8, 4) is 0 Å². The van der Waals surface area contributed by atoms with Gasteiger partial charge in [0, 0.05) is 0 Å². The van der Waals surface area contributed by atoms with Crippen LogP contribution in [0.2, 0.25) is 0 Å². The molecule has 1 aromatic rings. The summed E-state index contributed by atoms with van der Waals surface area (Å²) in [5.74, 6) is 0. The van der Waals surface area contributed by atoms with Crippen LogP contribution in [0, 0.1) is 0 Å². The minimum atomic E-state index is -3.81. The predicted octanol–water partition coefficient (Wildman–Crippen LogP) is 9.18. The van der Waals surface area contributed by atoms with Gasteiger partial charge >= 0.3 is 207 Å². The van der Waals surface area contributed by atoms with Crippen molar-refractivity contribution in [3.63, 3.8) is 0 Å². The zero-order valence-electron chi connectivity index (χ0n) is 22.4. The first-order chi connectivity index (χ1) is 15.8. The Morgan fingerprint density at radius 3 is 1.55 bits per heavy atom. The van der Waals surface area contributed by atoms with Crippen molar-refractivity contribution in [1.82, 2.24) is 0 Å². The molecule has 5 heteroatoms. The van der Waals surface area contributed by atoms with Crippen molar-refractivity contribution in [3.05, 3.63) is 29.8 Å². The molecule has 1 rings (SSSR count). The topological polar surface area (TPSA) is 43.4 Å². The molecule has 33 heavy (non-hydrogen) atoms. The van der Waals surface area contributed by atoms with E-state index in [-0.39, 0.29) is 0 Å². The average molecular weight is 501 g/mol. The number of rotatable bonds is 20. The summed E-state index contributed by atoms with van der Waals surface area (Å²) in [5.41, 5.74) is 0.933. The van der Waals surface area contributed by atoms with Crippen LogP contribution in [0.3, 0.4) is 0 Å². The summed E-state index contributed by atoms with van der Waals surface area (Å²) in [5, 5.41) is 0. The molecular weight excluding hydrogens is 447 g/mol. The van der Waals surface area contributed by atoms with Gasteiger partial charge in [-0.25, -0.2) is 0 Å². The van der Waals surface area contributed by atoms with E-state index >= 15 is 0 Å². The molecule has 1 aromatic carbocycles. The summed E-state index contributed by atoms with van der Waals surface area (Å²) in [7, 11) is -3.81. The van der Waals surface area contributed by atoms with Crippen LogP contribution in [0.1, 0.15) is 117 Å². The molecule has 0 spiro atoms. The number of benzene rings is 1. The third-order valence-electron chi connectivity index (χ3n) is 7.16. The molecule has 0 fully saturated rings. The van der Waals surface area contributed by atoms with E-state index < -0.39 is 16.9 Å². The van der Waals surface area contributed by atoms with Gasteiger partial charge in [-0.05, 0) is 0 Å². The predicted molar refractivity (Wildman–Crippen MR) is 149 cm³/mol. The van der Waals surface area contributed by atoms with Crippen LogP contribution in [-0.2, 0) is 20.5 Å². The summed E-state index contributed by atoms with van der Waals surface area (Å²) >= 11 is 0. The second kappa shape index (κ2) is 15.5.